The second kappa shape index (κ2) is 9.97. The van der Waals surface area contributed by atoms with E-state index in [1.807, 2.05) is 31.2 Å². The maximum absolute atomic E-state index is 12.2. The molecule has 0 fully saturated rings. The first-order chi connectivity index (χ1) is 14.5. The van der Waals surface area contributed by atoms with Crippen LogP contribution in [0.2, 0.25) is 0 Å². The molecule has 7 nitrogen and oxygen atoms in total. The third-order valence-electron chi connectivity index (χ3n) is 3.85. The number of rotatable bonds is 8. The summed E-state index contributed by atoms with van der Waals surface area (Å²) in [4.78, 5) is 33.1. The van der Waals surface area contributed by atoms with E-state index >= 15 is 0 Å². The van der Waals surface area contributed by atoms with Crippen molar-refractivity contribution in [2.45, 2.75) is 18.7 Å². The number of nitrogens with one attached hydrogen (secondary N) is 2. The van der Waals surface area contributed by atoms with Crippen molar-refractivity contribution in [3.63, 3.8) is 0 Å². The van der Waals surface area contributed by atoms with Crippen molar-refractivity contribution in [1.82, 2.24) is 15.3 Å². The largest absolute Gasteiger partial charge is 0.435 e. The van der Waals surface area contributed by atoms with E-state index in [4.69, 9.17) is 0 Å². The average Bonchev–Trinajstić information content (AvgIpc) is 2.72. The van der Waals surface area contributed by atoms with Gasteiger partial charge in [-0.3, -0.25) is 14.9 Å². The van der Waals surface area contributed by atoms with Crippen LogP contribution in [-0.2, 0) is 4.79 Å². The average molecular weight is 432 g/mol. The zero-order valence-corrected chi connectivity index (χ0v) is 16.7. The van der Waals surface area contributed by atoms with Gasteiger partial charge in [0, 0.05) is 17.5 Å². The number of hydrogen-bond acceptors (Lipinski definition) is 7. The summed E-state index contributed by atoms with van der Waals surface area (Å²) < 4.78 is 28.6. The summed E-state index contributed by atoms with van der Waals surface area (Å²) in [5.74, 6) is -0.638. The van der Waals surface area contributed by atoms with Gasteiger partial charge in [-0.2, -0.15) is 8.78 Å². The molecule has 2 aromatic carbocycles. The molecule has 2 N–H and O–H groups in total. The van der Waals surface area contributed by atoms with Crippen LogP contribution >= 0.6 is 11.8 Å². The summed E-state index contributed by atoms with van der Waals surface area (Å²) in [7, 11) is 0. The third-order valence-corrected chi connectivity index (χ3v) is 4.70. The molecule has 3 rings (SSSR count). The summed E-state index contributed by atoms with van der Waals surface area (Å²) in [6.45, 7) is -0.315. The Morgan fingerprint density at radius 3 is 2.53 bits per heavy atom. The van der Waals surface area contributed by atoms with Crippen molar-refractivity contribution < 1.29 is 23.1 Å². The van der Waals surface area contributed by atoms with Crippen molar-refractivity contribution >= 4 is 40.3 Å². The minimum atomic E-state index is -2.95. The molecule has 0 radical (unpaired) electrons. The zero-order valence-electron chi connectivity index (χ0n) is 15.9. The molecular formula is C20H18F2N4O3S. The molecule has 1 aromatic heterocycles. The molecule has 0 aliphatic heterocycles. The normalized spacial score (nSPS) is 10.8. The van der Waals surface area contributed by atoms with Crippen LogP contribution in [0.1, 0.15) is 17.3 Å². The topological polar surface area (TPSA) is 93.2 Å². The fourth-order valence-electron chi connectivity index (χ4n) is 2.57. The fourth-order valence-corrected chi connectivity index (χ4v) is 3.23. The van der Waals surface area contributed by atoms with E-state index in [0.29, 0.717) is 17.5 Å². The van der Waals surface area contributed by atoms with Gasteiger partial charge in [-0.15, -0.1) is 0 Å². The van der Waals surface area contributed by atoms with Gasteiger partial charge < -0.3 is 10.1 Å². The summed E-state index contributed by atoms with van der Waals surface area (Å²) in [5, 5.41) is 6.70. The van der Waals surface area contributed by atoms with Crippen LogP contribution in [0, 0.1) is 0 Å². The molecule has 0 bridgehead atoms. The predicted molar refractivity (Wildman–Crippen MR) is 110 cm³/mol. The van der Waals surface area contributed by atoms with Crippen LogP contribution in [0.4, 0.5) is 14.6 Å². The van der Waals surface area contributed by atoms with Gasteiger partial charge in [-0.1, -0.05) is 23.9 Å². The standard InChI is InChI=1S/C20H18F2N4O3S/c1-2-23-17-14-5-3-4-6-15(14)24-20(26-17)30-11-16(27)25-18(28)12-7-9-13(10-8-12)29-19(21)22/h3-10,19H,2,11H2,1H3,(H,23,24,26)(H,25,27,28). The van der Waals surface area contributed by atoms with E-state index in [-0.39, 0.29) is 17.1 Å². The first-order valence-electron chi connectivity index (χ1n) is 8.98. The lowest BCUT2D eigenvalue weighted by Gasteiger charge is -2.09. The Morgan fingerprint density at radius 2 is 1.83 bits per heavy atom. The monoisotopic (exact) mass is 432 g/mol. The van der Waals surface area contributed by atoms with Crippen molar-refractivity contribution in [3.05, 3.63) is 54.1 Å². The van der Waals surface area contributed by atoms with E-state index in [1.54, 1.807) is 0 Å². The third kappa shape index (κ3) is 5.63. The molecule has 0 spiro atoms. The van der Waals surface area contributed by atoms with Crippen LogP contribution in [0.15, 0.2) is 53.7 Å². The number of anilines is 1. The van der Waals surface area contributed by atoms with Gasteiger partial charge >= 0.3 is 6.61 Å². The molecule has 0 aliphatic rings. The number of alkyl halides is 2. The first-order valence-corrected chi connectivity index (χ1v) is 9.97. The smallest absolute Gasteiger partial charge is 0.387 e. The number of imide groups is 1. The molecule has 0 atom stereocenters. The summed E-state index contributed by atoms with van der Waals surface area (Å²) in [6.07, 6.45) is 0. The number of thioether (sulfide) groups is 1. The number of carbonyl (C=O) groups excluding carboxylic acids is 2. The number of nitrogens with zero attached hydrogens (tertiary/aromatic N) is 2. The van der Waals surface area contributed by atoms with Crippen LogP contribution < -0.4 is 15.4 Å². The van der Waals surface area contributed by atoms with Crippen LogP contribution in [-0.4, -0.2) is 40.7 Å². The lowest BCUT2D eigenvalue weighted by molar-refractivity contribution is -0.117. The van der Waals surface area contributed by atoms with E-state index in [2.05, 4.69) is 25.3 Å². The number of fused-ring (bicyclic) bond motifs is 1. The van der Waals surface area contributed by atoms with Crippen LogP contribution in [0.5, 0.6) is 5.75 Å². The highest BCUT2D eigenvalue weighted by atomic mass is 32.2. The first kappa shape index (κ1) is 21.4. The lowest BCUT2D eigenvalue weighted by atomic mass is 10.2. The van der Waals surface area contributed by atoms with Crippen molar-refractivity contribution in [2.75, 3.05) is 17.6 Å². The van der Waals surface area contributed by atoms with E-state index < -0.39 is 18.4 Å². The predicted octanol–water partition coefficient (Wildman–Crippen LogP) is 3.71. The molecule has 0 aliphatic carbocycles. The number of hydrogen-bond donors (Lipinski definition) is 2. The zero-order chi connectivity index (χ0) is 21.5. The number of aromatic nitrogens is 2. The van der Waals surface area contributed by atoms with Crippen molar-refractivity contribution in [2.24, 2.45) is 0 Å². The molecule has 0 unspecified atom stereocenters. The quantitative estimate of drug-likeness (QED) is 0.414. The fraction of sp³-hybridized carbons (Fsp3) is 0.200. The molecule has 30 heavy (non-hydrogen) atoms. The van der Waals surface area contributed by atoms with Gasteiger partial charge in [0.25, 0.3) is 5.91 Å². The van der Waals surface area contributed by atoms with Gasteiger partial charge in [-0.05, 0) is 43.3 Å². The van der Waals surface area contributed by atoms with E-state index in [9.17, 15) is 18.4 Å². The summed E-state index contributed by atoms with van der Waals surface area (Å²) in [5.41, 5.74) is 0.889. The molecule has 10 heteroatoms. The molecule has 0 saturated carbocycles. The number of para-hydroxylation sites is 1. The van der Waals surface area contributed by atoms with Gasteiger partial charge in [0.1, 0.15) is 11.6 Å². The molecule has 2 amide bonds. The Balaban J connectivity index is 1.61. The minimum Gasteiger partial charge on any atom is -0.435 e. The summed E-state index contributed by atoms with van der Waals surface area (Å²) >= 11 is 1.10. The lowest BCUT2D eigenvalue weighted by Crippen LogP contribution is -2.31. The number of benzene rings is 2. The Bertz CT molecular complexity index is 1050. The Kier molecular flexibility index (Phi) is 7.12. The molecule has 0 saturated heterocycles. The minimum absolute atomic E-state index is 0.0672. The maximum atomic E-state index is 12.2. The molecule has 156 valence electrons. The highest BCUT2D eigenvalue weighted by Crippen LogP contribution is 2.24. The Labute approximate surface area is 175 Å². The highest BCUT2D eigenvalue weighted by molar-refractivity contribution is 7.99. The van der Waals surface area contributed by atoms with Crippen LogP contribution in [0.3, 0.4) is 0 Å². The number of amides is 2. The second-order valence-corrected chi connectivity index (χ2v) is 6.91. The Hall–Kier alpha value is -3.27. The SMILES string of the molecule is CCNc1nc(SCC(=O)NC(=O)c2ccc(OC(F)F)cc2)nc2ccccc12. The Morgan fingerprint density at radius 1 is 1.10 bits per heavy atom. The second-order valence-electron chi connectivity index (χ2n) is 5.97. The van der Waals surface area contributed by atoms with Gasteiger partial charge in [0.15, 0.2) is 5.16 Å². The molecular weight excluding hydrogens is 414 g/mol. The molecule has 3 aromatic rings. The summed E-state index contributed by atoms with van der Waals surface area (Å²) in [6, 6.07) is 12.6. The molecule has 1 heterocycles. The van der Waals surface area contributed by atoms with Crippen molar-refractivity contribution in [1.29, 1.82) is 0 Å². The van der Waals surface area contributed by atoms with Crippen LogP contribution in [0.25, 0.3) is 10.9 Å². The van der Waals surface area contributed by atoms with Gasteiger partial charge in [0.2, 0.25) is 5.91 Å². The van der Waals surface area contributed by atoms with Crippen molar-refractivity contribution in [3.8, 4) is 5.75 Å². The number of halogens is 2. The van der Waals surface area contributed by atoms with Gasteiger partial charge in [-0.25, -0.2) is 9.97 Å². The highest BCUT2D eigenvalue weighted by Gasteiger charge is 2.14. The van der Waals surface area contributed by atoms with Gasteiger partial charge in [0.05, 0.1) is 11.3 Å². The number of ether oxygens (including phenoxy) is 1. The van der Waals surface area contributed by atoms with E-state index in [1.165, 1.54) is 24.3 Å². The number of carbonyl (C=O) groups is 2. The van der Waals surface area contributed by atoms with E-state index in [0.717, 1.165) is 22.7 Å². The maximum Gasteiger partial charge on any atom is 0.387 e.